The highest BCUT2D eigenvalue weighted by atomic mass is 35.5. The largest absolute Gasteiger partial charge is 0.476 e. The van der Waals surface area contributed by atoms with Crippen LogP contribution in [-0.4, -0.2) is 20.6 Å². The lowest BCUT2D eigenvalue weighted by molar-refractivity contribution is 0.0691. The van der Waals surface area contributed by atoms with E-state index in [0.717, 1.165) is 0 Å². The van der Waals surface area contributed by atoms with Crippen LogP contribution in [0.25, 0.3) is 5.69 Å². The van der Waals surface area contributed by atoms with Gasteiger partial charge in [-0.1, -0.05) is 11.6 Å². The Morgan fingerprint density at radius 3 is 2.81 bits per heavy atom. The van der Waals surface area contributed by atoms with Gasteiger partial charge in [0.05, 0.1) is 5.02 Å². The Morgan fingerprint density at radius 2 is 2.25 bits per heavy atom. The van der Waals surface area contributed by atoms with Crippen molar-refractivity contribution in [2.24, 2.45) is 0 Å². The second-order valence-corrected chi connectivity index (χ2v) is 3.48. The highest BCUT2D eigenvalue weighted by Gasteiger charge is 2.08. The smallest absolute Gasteiger partial charge is 0.356 e. The summed E-state index contributed by atoms with van der Waals surface area (Å²) in [6.07, 6.45) is 2.59. The zero-order valence-electron chi connectivity index (χ0n) is 7.89. The molecule has 1 N–H and O–H groups in total. The zero-order valence-corrected chi connectivity index (χ0v) is 8.65. The number of aromatic nitrogens is 2. The summed E-state index contributed by atoms with van der Waals surface area (Å²) in [7, 11) is 0. The van der Waals surface area contributed by atoms with Gasteiger partial charge in [-0.25, -0.2) is 14.2 Å². The van der Waals surface area contributed by atoms with Crippen molar-refractivity contribution >= 4 is 17.6 Å². The number of halogens is 2. The molecule has 6 heteroatoms. The average molecular weight is 241 g/mol. The Balaban J connectivity index is 2.42. The summed E-state index contributed by atoms with van der Waals surface area (Å²) >= 11 is 5.53. The Labute approximate surface area is 94.9 Å². The average Bonchev–Trinajstić information content (AvgIpc) is 2.71. The molecule has 1 aromatic carbocycles. The Kier molecular flexibility index (Phi) is 2.62. The minimum absolute atomic E-state index is 0.0160. The second kappa shape index (κ2) is 3.94. The standard InChI is InChI=1S/C10H6ClFN2O2/c11-7-2-1-6(3-8(7)12)14-4-9(10(15)16)13-5-14/h1-5H,(H,15,16). The number of hydrogen-bond acceptors (Lipinski definition) is 2. The lowest BCUT2D eigenvalue weighted by atomic mass is 10.3. The summed E-state index contributed by atoms with van der Waals surface area (Å²) in [5.41, 5.74) is 0.359. The molecule has 0 aliphatic rings. The molecule has 0 bridgehead atoms. The van der Waals surface area contributed by atoms with Crippen LogP contribution >= 0.6 is 11.6 Å². The Morgan fingerprint density at radius 1 is 1.50 bits per heavy atom. The van der Waals surface area contributed by atoms with E-state index >= 15 is 0 Å². The maximum atomic E-state index is 13.1. The lowest BCUT2D eigenvalue weighted by Gasteiger charge is -2.02. The monoisotopic (exact) mass is 240 g/mol. The molecule has 2 aromatic rings. The molecule has 1 aromatic heterocycles. The van der Waals surface area contributed by atoms with E-state index < -0.39 is 11.8 Å². The van der Waals surface area contributed by atoms with Crippen LogP contribution in [0.4, 0.5) is 4.39 Å². The minimum Gasteiger partial charge on any atom is -0.476 e. The summed E-state index contributed by atoms with van der Waals surface area (Å²) in [6.45, 7) is 0. The molecule has 82 valence electrons. The van der Waals surface area contributed by atoms with Crippen LogP contribution in [0.15, 0.2) is 30.7 Å². The first kappa shape index (κ1) is 10.6. The van der Waals surface area contributed by atoms with E-state index in [4.69, 9.17) is 16.7 Å². The van der Waals surface area contributed by atoms with Crippen LogP contribution < -0.4 is 0 Å². The first-order valence-corrected chi connectivity index (χ1v) is 4.68. The van der Waals surface area contributed by atoms with Gasteiger partial charge in [0.2, 0.25) is 0 Å². The maximum absolute atomic E-state index is 13.1. The summed E-state index contributed by atoms with van der Waals surface area (Å²) in [6, 6.07) is 4.17. The molecule has 0 unspecified atom stereocenters. The van der Waals surface area contributed by atoms with Gasteiger partial charge in [0.1, 0.15) is 12.1 Å². The van der Waals surface area contributed by atoms with Crippen LogP contribution in [0.2, 0.25) is 5.02 Å². The molecule has 0 saturated carbocycles. The number of imidazole rings is 1. The third-order valence-corrected chi connectivity index (χ3v) is 2.31. The molecule has 4 nitrogen and oxygen atoms in total. The second-order valence-electron chi connectivity index (χ2n) is 3.07. The number of carbonyl (C=O) groups is 1. The highest BCUT2D eigenvalue weighted by Crippen LogP contribution is 2.18. The third-order valence-electron chi connectivity index (χ3n) is 2.00. The molecule has 0 amide bonds. The van der Waals surface area contributed by atoms with E-state index in [0.29, 0.717) is 5.69 Å². The van der Waals surface area contributed by atoms with Gasteiger partial charge >= 0.3 is 5.97 Å². The number of rotatable bonds is 2. The van der Waals surface area contributed by atoms with Crippen molar-refractivity contribution < 1.29 is 14.3 Å². The van der Waals surface area contributed by atoms with E-state index in [-0.39, 0.29) is 10.7 Å². The molecule has 0 aliphatic carbocycles. The van der Waals surface area contributed by atoms with E-state index in [2.05, 4.69) is 4.98 Å². The molecule has 2 rings (SSSR count). The quantitative estimate of drug-likeness (QED) is 0.877. The minimum atomic E-state index is -1.13. The lowest BCUT2D eigenvalue weighted by Crippen LogP contribution is -1.96. The predicted octanol–water partition coefficient (Wildman–Crippen LogP) is 2.36. The Bertz CT molecular complexity index is 554. The van der Waals surface area contributed by atoms with Gasteiger partial charge in [0.25, 0.3) is 0 Å². The molecule has 0 fully saturated rings. The van der Waals surface area contributed by atoms with Gasteiger partial charge in [0.15, 0.2) is 5.69 Å². The summed E-state index contributed by atoms with van der Waals surface area (Å²) in [5, 5.41) is 8.69. The number of carboxylic acids is 1. The van der Waals surface area contributed by atoms with Crippen molar-refractivity contribution in [2.45, 2.75) is 0 Å². The predicted molar refractivity (Wildman–Crippen MR) is 55.5 cm³/mol. The van der Waals surface area contributed by atoms with Crippen molar-refractivity contribution in [2.75, 3.05) is 0 Å². The van der Waals surface area contributed by atoms with Gasteiger partial charge in [-0.05, 0) is 18.2 Å². The van der Waals surface area contributed by atoms with Crippen LogP contribution in [0, 0.1) is 5.82 Å². The van der Waals surface area contributed by atoms with Gasteiger partial charge in [0, 0.05) is 11.9 Å². The maximum Gasteiger partial charge on any atom is 0.356 e. The molecule has 0 saturated heterocycles. The molecule has 16 heavy (non-hydrogen) atoms. The van der Waals surface area contributed by atoms with Crippen molar-refractivity contribution in [3.63, 3.8) is 0 Å². The van der Waals surface area contributed by atoms with E-state index in [1.165, 1.54) is 29.2 Å². The Hall–Kier alpha value is -1.88. The number of nitrogens with zero attached hydrogens (tertiary/aromatic N) is 2. The van der Waals surface area contributed by atoms with Crippen molar-refractivity contribution in [1.82, 2.24) is 9.55 Å². The van der Waals surface area contributed by atoms with Crippen LogP contribution in [0.3, 0.4) is 0 Å². The van der Waals surface area contributed by atoms with Crippen molar-refractivity contribution in [3.05, 3.63) is 47.3 Å². The molecule has 1 heterocycles. The van der Waals surface area contributed by atoms with E-state index in [1.54, 1.807) is 6.07 Å². The fourth-order valence-corrected chi connectivity index (χ4v) is 1.34. The van der Waals surface area contributed by atoms with Gasteiger partial charge in [-0.2, -0.15) is 0 Å². The summed E-state index contributed by atoms with van der Waals surface area (Å²) in [5.74, 6) is -1.70. The van der Waals surface area contributed by atoms with Gasteiger partial charge in [-0.15, -0.1) is 0 Å². The van der Waals surface area contributed by atoms with Crippen LogP contribution in [-0.2, 0) is 0 Å². The molecular weight excluding hydrogens is 235 g/mol. The van der Waals surface area contributed by atoms with E-state index in [9.17, 15) is 9.18 Å². The SMILES string of the molecule is O=C(O)c1cn(-c2ccc(Cl)c(F)c2)cn1. The zero-order chi connectivity index (χ0) is 11.7. The number of benzene rings is 1. The van der Waals surface area contributed by atoms with Crippen LogP contribution in [0.1, 0.15) is 10.5 Å². The molecular formula is C10H6ClFN2O2. The van der Waals surface area contributed by atoms with E-state index in [1.807, 2.05) is 0 Å². The van der Waals surface area contributed by atoms with Gasteiger partial charge in [-0.3, -0.25) is 0 Å². The van der Waals surface area contributed by atoms with Crippen molar-refractivity contribution in [1.29, 1.82) is 0 Å². The first-order valence-electron chi connectivity index (χ1n) is 4.30. The highest BCUT2D eigenvalue weighted by molar-refractivity contribution is 6.30. The fraction of sp³-hybridized carbons (Fsp3) is 0. The normalized spacial score (nSPS) is 10.4. The molecule has 0 atom stereocenters. The number of aromatic carboxylic acids is 1. The topological polar surface area (TPSA) is 55.1 Å². The summed E-state index contributed by atoms with van der Waals surface area (Å²) < 4.78 is 14.6. The fourth-order valence-electron chi connectivity index (χ4n) is 1.22. The summed E-state index contributed by atoms with van der Waals surface area (Å²) in [4.78, 5) is 14.2. The number of carboxylic acid groups (broad SMARTS) is 1. The number of hydrogen-bond donors (Lipinski definition) is 1. The molecule has 0 spiro atoms. The molecule has 0 radical (unpaired) electrons. The molecule has 0 aliphatic heterocycles. The van der Waals surface area contributed by atoms with Crippen LogP contribution in [0.5, 0.6) is 0 Å². The van der Waals surface area contributed by atoms with Crippen molar-refractivity contribution in [3.8, 4) is 5.69 Å². The first-order chi connectivity index (χ1) is 7.58. The third kappa shape index (κ3) is 1.90. The van der Waals surface area contributed by atoms with Gasteiger partial charge < -0.3 is 9.67 Å².